The van der Waals surface area contributed by atoms with Gasteiger partial charge in [0.1, 0.15) is 19.3 Å². The predicted molar refractivity (Wildman–Crippen MR) is 358 cm³/mol. The van der Waals surface area contributed by atoms with Gasteiger partial charge in [0.05, 0.1) is 26.4 Å². The van der Waals surface area contributed by atoms with Crippen molar-refractivity contribution < 1.29 is 80.2 Å². The Kier molecular flexibility index (Phi) is 58.5. The molecule has 3 unspecified atom stereocenters. The molecule has 0 amide bonds. The Labute approximate surface area is 543 Å². The molecule has 0 saturated carbocycles. The smallest absolute Gasteiger partial charge is 0.462 e. The average molecular weight is 1310 g/mol. The number of carbonyl (C=O) groups is 4. The Morgan fingerprint density at radius 2 is 0.472 bits per heavy atom. The largest absolute Gasteiger partial charge is 0.472 e. The normalized spacial score (nSPS) is 14.3. The van der Waals surface area contributed by atoms with Crippen molar-refractivity contribution in [3.05, 3.63) is 0 Å². The quantitative estimate of drug-likeness (QED) is 0.0222. The van der Waals surface area contributed by atoms with Gasteiger partial charge in [-0.05, 0) is 49.4 Å². The fraction of sp³-hybridized carbons (Fsp3) is 0.943. The molecule has 3 N–H and O–H groups in total. The van der Waals surface area contributed by atoms with Crippen molar-refractivity contribution in [3.8, 4) is 0 Å². The van der Waals surface area contributed by atoms with Crippen LogP contribution < -0.4 is 0 Å². The molecule has 0 bridgehead atoms. The van der Waals surface area contributed by atoms with E-state index in [-0.39, 0.29) is 25.7 Å². The summed E-state index contributed by atoms with van der Waals surface area (Å²) in [5, 5.41) is 10.6. The number of phosphoric acid groups is 2. The van der Waals surface area contributed by atoms with Crippen LogP contribution in [0.2, 0.25) is 0 Å². The van der Waals surface area contributed by atoms with Gasteiger partial charge in [0.25, 0.3) is 0 Å². The second kappa shape index (κ2) is 59.8. The van der Waals surface area contributed by atoms with Crippen molar-refractivity contribution >= 4 is 39.5 Å². The summed E-state index contributed by atoms with van der Waals surface area (Å²) in [5.74, 6) is 0.805. The number of ether oxygens (including phenoxy) is 4. The zero-order valence-electron chi connectivity index (χ0n) is 58.1. The third-order valence-corrected chi connectivity index (χ3v) is 18.0. The van der Waals surface area contributed by atoms with Crippen LogP contribution in [-0.2, 0) is 65.4 Å². The van der Waals surface area contributed by atoms with Crippen LogP contribution in [0, 0.1) is 23.7 Å². The molecule has 0 radical (unpaired) electrons. The summed E-state index contributed by atoms with van der Waals surface area (Å²) in [4.78, 5) is 72.5. The van der Waals surface area contributed by atoms with Crippen molar-refractivity contribution in [1.82, 2.24) is 0 Å². The molecular weight excluding hydrogens is 1170 g/mol. The lowest BCUT2D eigenvalue weighted by Crippen LogP contribution is -2.30. The predicted octanol–water partition coefficient (Wildman–Crippen LogP) is 19.7. The lowest BCUT2D eigenvalue weighted by atomic mass is 10.0. The zero-order chi connectivity index (χ0) is 66.1. The number of rotatable bonds is 67. The van der Waals surface area contributed by atoms with E-state index in [1.165, 1.54) is 148 Å². The number of aliphatic hydroxyl groups is 1. The van der Waals surface area contributed by atoms with Gasteiger partial charge in [-0.25, -0.2) is 9.13 Å². The second-order valence-electron chi connectivity index (χ2n) is 27.2. The number of unbranched alkanes of at least 4 members (excludes halogenated alkanes) is 33. The molecule has 17 nitrogen and oxygen atoms in total. The molecule has 0 saturated heterocycles. The lowest BCUT2D eigenvalue weighted by molar-refractivity contribution is -0.161. The first-order valence-electron chi connectivity index (χ1n) is 36.2. The topological polar surface area (TPSA) is 237 Å². The van der Waals surface area contributed by atoms with E-state index in [4.69, 9.17) is 37.0 Å². The molecular formula is C70H136O17P2. The standard InChI is InChI=1S/C70H136O17P2/c1-60(2)46-38-30-22-16-12-10-9-11-13-18-25-34-42-50-67(72)80-57-66(87-70(75)53-45-37-29-28-33-41-49-63(7)8)59-85-89(78,79)83-55-64(71)54-82-88(76,77)84-58-65(56-81-68(73)51-43-35-26-21-20-24-32-40-48-62(5)6)86-69(74)52-44-36-27-19-15-14-17-23-31-39-47-61(3)4/h60-66,71H,9-59H2,1-8H3,(H,76,77)(H,78,79)/t64?,65-,66-/m1/s1. The van der Waals surface area contributed by atoms with Crippen LogP contribution in [0.15, 0.2) is 0 Å². The summed E-state index contributed by atoms with van der Waals surface area (Å²) in [5.41, 5.74) is 0. The van der Waals surface area contributed by atoms with Gasteiger partial charge < -0.3 is 33.8 Å². The van der Waals surface area contributed by atoms with E-state index in [2.05, 4.69) is 55.4 Å². The molecule has 528 valence electrons. The fourth-order valence-corrected chi connectivity index (χ4v) is 12.1. The van der Waals surface area contributed by atoms with Crippen molar-refractivity contribution in [2.75, 3.05) is 39.6 Å². The van der Waals surface area contributed by atoms with Gasteiger partial charge >= 0.3 is 39.5 Å². The number of carbonyl (C=O) groups excluding carboxylic acids is 4. The summed E-state index contributed by atoms with van der Waals surface area (Å²) >= 11 is 0. The number of aliphatic hydroxyl groups excluding tert-OH is 1. The Hall–Kier alpha value is -1.94. The molecule has 0 aliphatic heterocycles. The summed E-state index contributed by atoms with van der Waals surface area (Å²) in [7, 11) is -9.90. The molecule has 0 rings (SSSR count). The van der Waals surface area contributed by atoms with E-state index in [0.29, 0.717) is 31.6 Å². The van der Waals surface area contributed by atoms with Crippen molar-refractivity contribution in [2.45, 2.75) is 363 Å². The van der Waals surface area contributed by atoms with Gasteiger partial charge in [0, 0.05) is 25.7 Å². The summed E-state index contributed by atoms with van der Waals surface area (Å²) in [6.07, 6.45) is 41.9. The molecule has 0 heterocycles. The maximum absolute atomic E-state index is 13.0. The highest BCUT2D eigenvalue weighted by atomic mass is 31.2. The number of esters is 4. The molecule has 89 heavy (non-hydrogen) atoms. The first-order valence-corrected chi connectivity index (χ1v) is 39.2. The first kappa shape index (κ1) is 87.1. The lowest BCUT2D eigenvalue weighted by Gasteiger charge is -2.21. The van der Waals surface area contributed by atoms with Gasteiger partial charge in [-0.2, -0.15) is 0 Å². The molecule has 0 fully saturated rings. The van der Waals surface area contributed by atoms with E-state index in [1.807, 2.05) is 0 Å². The van der Waals surface area contributed by atoms with Crippen LogP contribution in [0.5, 0.6) is 0 Å². The van der Waals surface area contributed by atoms with Gasteiger partial charge in [0.2, 0.25) is 0 Å². The Morgan fingerprint density at radius 3 is 0.697 bits per heavy atom. The molecule has 0 aliphatic carbocycles. The number of phosphoric ester groups is 2. The second-order valence-corrected chi connectivity index (χ2v) is 30.1. The minimum Gasteiger partial charge on any atom is -0.462 e. The third-order valence-electron chi connectivity index (χ3n) is 16.1. The van der Waals surface area contributed by atoms with Crippen molar-refractivity contribution in [3.63, 3.8) is 0 Å². The van der Waals surface area contributed by atoms with Crippen LogP contribution in [0.25, 0.3) is 0 Å². The maximum atomic E-state index is 13.0. The van der Waals surface area contributed by atoms with Gasteiger partial charge in [-0.3, -0.25) is 37.3 Å². The van der Waals surface area contributed by atoms with Crippen molar-refractivity contribution in [1.29, 1.82) is 0 Å². The highest BCUT2D eigenvalue weighted by Gasteiger charge is 2.30. The Balaban J connectivity index is 5.21. The molecule has 0 aromatic carbocycles. The van der Waals surface area contributed by atoms with E-state index >= 15 is 0 Å². The fourth-order valence-electron chi connectivity index (χ4n) is 10.5. The summed E-state index contributed by atoms with van der Waals surface area (Å²) < 4.78 is 68.2. The number of hydrogen-bond donors (Lipinski definition) is 3. The monoisotopic (exact) mass is 1310 g/mol. The highest BCUT2D eigenvalue weighted by Crippen LogP contribution is 2.45. The van der Waals surface area contributed by atoms with Gasteiger partial charge in [-0.1, -0.05) is 293 Å². The van der Waals surface area contributed by atoms with E-state index in [0.717, 1.165) is 108 Å². The maximum Gasteiger partial charge on any atom is 0.472 e. The van der Waals surface area contributed by atoms with E-state index in [9.17, 15) is 43.2 Å². The van der Waals surface area contributed by atoms with Crippen LogP contribution >= 0.6 is 15.6 Å². The Morgan fingerprint density at radius 1 is 0.281 bits per heavy atom. The average Bonchev–Trinajstić information content (AvgIpc) is 3.64. The molecule has 5 atom stereocenters. The minimum absolute atomic E-state index is 0.102. The van der Waals surface area contributed by atoms with Crippen LogP contribution in [-0.4, -0.2) is 96.7 Å². The van der Waals surface area contributed by atoms with Crippen molar-refractivity contribution in [2.24, 2.45) is 23.7 Å². The van der Waals surface area contributed by atoms with Crippen LogP contribution in [0.3, 0.4) is 0 Å². The molecule has 0 aromatic rings. The van der Waals surface area contributed by atoms with E-state index in [1.54, 1.807) is 0 Å². The minimum atomic E-state index is -4.95. The molecule has 19 heteroatoms. The summed E-state index contributed by atoms with van der Waals surface area (Å²) in [6.45, 7) is 14.0. The SMILES string of the molecule is CC(C)CCCCCCCCCCCCCCCC(=O)OC[C@H](COP(=O)(O)OCC(O)COP(=O)(O)OC[C@@H](COC(=O)CCCCCCCCCCC(C)C)OC(=O)CCCCCCCCCCCCC(C)C)OC(=O)CCCCCCCCC(C)C. The van der Waals surface area contributed by atoms with E-state index < -0.39 is 97.5 Å². The van der Waals surface area contributed by atoms with Gasteiger partial charge in [-0.15, -0.1) is 0 Å². The third kappa shape index (κ3) is 64.6. The van der Waals surface area contributed by atoms with Gasteiger partial charge in [0.15, 0.2) is 12.2 Å². The molecule has 0 aromatic heterocycles. The highest BCUT2D eigenvalue weighted by molar-refractivity contribution is 7.47. The summed E-state index contributed by atoms with van der Waals surface area (Å²) in [6, 6.07) is 0. The van der Waals surface area contributed by atoms with Crippen LogP contribution in [0.4, 0.5) is 0 Å². The first-order chi connectivity index (χ1) is 42.6. The zero-order valence-corrected chi connectivity index (χ0v) is 59.8. The molecule has 0 aliphatic rings. The van der Waals surface area contributed by atoms with Crippen LogP contribution in [0.1, 0.15) is 344 Å². The molecule has 0 spiro atoms. The Bertz CT molecular complexity index is 1760. The number of hydrogen-bond acceptors (Lipinski definition) is 15.